The minimum atomic E-state index is -0.377. The Morgan fingerprint density at radius 1 is 1.06 bits per heavy atom. The molecule has 1 aliphatic carbocycles. The van der Waals surface area contributed by atoms with Crippen molar-refractivity contribution >= 4 is 53.2 Å². The van der Waals surface area contributed by atoms with Gasteiger partial charge in [-0.25, -0.2) is 14.8 Å². The predicted octanol–water partition coefficient (Wildman–Crippen LogP) is 5.44. The van der Waals surface area contributed by atoms with Gasteiger partial charge >= 0.3 is 6.09 Å². The maximum atomic E-state index is 12.4. The van der Waals surface area contributed by atoms with Gasteiger partial charge in [0.05, 0.1) is 12.2 Å². The lowest BCUT2D eigenvalue weighted by atomic mass is 9.78. The quantitative estimate of drug-likeness (QED) is 0.509. The second-order valence-electron chi connectivity index (χ2n) is 7.90. The van der Waals surface area contributed by atoms with Crippen LogP contribution in [0.15, 0.2) is 54.2 Å². The van der Waals surface area contributed by atoms with Crippen LogP contribution in [0.5, 0.6) is 0 Å². The third-order valence-corrected chi connectivity index (χ3v) is 6.69. The number of carbonyl (C=O) groups is 1. The van der Waals surface area contributed by atoms with Crippen LogP contribution in [-0.4, -0.2) is 39.7 Å². The molecule has 10 heteroatoms. The number of ether oxygens (including phenoxy) is 1. The Kier molecular flexibility index (Phi) is 7.92. The molecule has 3 aromatic heterocycles. The molecule has 7 nitrogen and oxygen atoms in total. The molecule has 32 heavy (non-hydrogen) atoms. The van der Waals surface area contributed by atoms with Gasteiger partial charge in [-0.15, -0.1) is 36.2 Å². The molecule has 0 bridgehead atoms. The summed E-state index contributed by atoms with van der Waals surface area (Å²) in [6.07, 6.45) is 7.01. The van der Waals surface area contributed by atoms with Crippen LogP contribution in [-0.2, 0) is 4.74 Å². The number of hydrogen-bond donors (Lipinski definition) is 1. The van der Waals surface area contributed by atoms with Gasteiger partial charge in [0, 0.05) is 24.3 Å². The molecule has 1 saturated heterocycles. The summed E-state index contributed by atoms with van der Waals surface area (Å²) in [5, 5.41) is 6.43. The standard InChI is InChI=1S/C22H23N5O2S.2ClH/c28-21-27(19-6-2-4-12-24-19)15-22(29-21)9-7-16(8-10-22)13-25-20-26-18(14-30-20)17-5-1-3-11-23-17;;/h1-6,11-12,14,16H,7-10,13,15H2,(H,25,26);2*1H/t16-,22-;;. The van der Waals surface area contributed by atoms with Crippen LogP contribution in [0.25, 0.3) is 11.4 Å². The molecule has 0 unspecified atom stereocenters. The van der Waals surface area contributed by atoms with Gasteiger partial charge in [-0.3, -0.25) is 9.88 Å². The first kappa shape index (κ1) is 24.2. The lowest BCUT2D eigenvalue weighted by Gasteiger charge is -2.35. The molecule has 5 rings (SSSR count). The summed E-state index contributed by atoms with van der Waals surface area (Å²) >= 11 is 1.60. The summed E-state index contributed by atoms with van der Waals surface area (Å²) in [6, 6.07) is 11.4. The van der Waals surface area contributed by atoms with Gasteiger partial charge in [-0.2, -0.15) is 0 Å². The van der Waals surface area contributed by atoms with E-state index in [1.54, 1.807) is 28.6 Å². The molecule has 4 heterocycles. The molecule has 1 aliphatic heterocycles. The smallest absolute Gasteiger partial charge is 0.416 e. The van der Waals surface area contributed by atoms with E-state index >= 15 is 0 Å². The number of nitrogens with zero attached hydrogens (tertiary/aromatic N) is 4. The maximum absolute atomic E-state index is 12.4. The number of anilines is 2. The molecule has 1 saturated carbocycles. The normalized spacial score (nSPS) is 22.1. The molecular formula is C22H25Cl2N5O2S. The average Bonchev–Trinajstić information content (AvgIpc) is 3.39. The van der Waals surface area contributed by atoms with E-state index in [2.05, 4.69) is 20.3 Å². The highest BCUT2D eigenvalue weighted by molar-refractivity contribution is 7.14. The monoisotopic (exact) mass is 493 g/mol. The van der Waals surface area contributed by atoms with E-state index in [4.69, 9.17) is 4.74 Å². The van der Waals surface area contributed by atoms with Crippen LogP contribution in [0.3, 0.4) is 0 Å². The number of carbonyl (C=O) groups excluding carboxylic acids is 1. The van der Waals surface area contributed by atoms with Crippen LogP contribution >= 0.6 is 36.2 Å². The number of pyridine rings is 2. The van der Waals surface area contributed by atoms with E-state index in [0.717, 1.165) is 48.7 Å². The van der Waals surface area contributed by atoms with Crippen molar-refractivity contribution in [2.24, 2.45) is 5.92 Å². The SMILES string of the molecule is Cl.Cl.O=C1O[C@]2(CC[C@H](CNc3nc(-c4ccccn4)cs3)CC2)CN1c1ccccn1. The van der Waals surface area contributed by atoms with Crippen molar-refractivity contribution in [3.05, 3.63) is 54.2 Å². The number of thiazole rings is 1. The van der Waals surface area contributed by atoms with E-state index in [1.807, 2.05) is 41.8 Å². The number of amides is 1. The first-order valence-electron chi connectivity index (χ1n) is 10.2. The fourth-order valence-corrected chi connectivity index (χ4v) is 4.91. The zero-order valence-corrected chi connectivity index (χ0v) is 19.8. The van der Waals surface area contributed by atoms with Crippen LogP contribution in [0, 0.1) is 5.92 Å². The second kappa shape index (κ2) is 10.5. The van der Waals surface area contributed by atoms with Gasteiger partial charge in [0.25, 0.3) is 0 Å². The topological polar surface area (TPSA) is 80.2 Å². The minimum Gasteiger partial charge on any atom is -0.441 e. The summed E-state index contributed by atoms with van der Waals surface area (Å²) in [4.78, 5) is 27.4. The van der Waals surface area contributed by atoms with Crippen LogP contribution < -0.4 is 10.2 Å². The zero-order chi connectivity index (χ0) is 20.4. The fraction of sp³-hybridized carbons (Fsp3) is 0.364. The molecule has 1 spiro atoms. The van der Waals surface area contributed by atoms with Crippen molar-refractivity contribution in [1.82, 2.24) is 15.0 Å². The summed E-state index contributed by atoms with van der Waals surface area (Å²) in [5.41, 5.74) is 1.42. The molecule has 170 valence electrons. The van der Waals surface area contributed by atoms with Gasteiger partial charge in [0.2, 0.25) is 0 Å². The van der Waals surface area contributed by atoms with Crippen molar-refractivity contribution in [1.29, 1.82) is 0 Å². The van der Waals surface area contributed by atoms with Gasteiger partial charge in [0.1, 0.15) is 17.1 Å². The maximum Gasteiger partial charge on any atom is 0.416 e. The Hall–Kier alpha value is -2.42. The van der Waals surface area contributed by atoms with E-state index in [-0.39, 0.29) is 36.5 Å². The molecule has 2 fully saturated rings. The summed E-state index contributed by atoms with van der Waals surface area (Å²) in [5.74, 6) is 1.20. The van der Waals surface area contributed by atoms with Gasteiger partial charge < -0.3 is 10.1 Å². The van der Waals surface area contributed by atoms with E-state index in [1.165, 1.54) is 0 Å². The molecule has 3 aromatic rings. The Morgan fingerprint density at radius 3 is 2.50 bits per heavy atom. The Labute approximate surface area is 203 Å². The number of halogens is 2. The first-order valence-corrected chi connectivity index (χ1v) is 11.1. The van der Waals surface area contributed by atoms with Crippen LogP contribution in [0.1, 0.15) is 25.7 Å². The molecule has 0 atom stereocenters. The second-order valence-corrected chi connectivity index (χ2v) is 8.76. The Morgan fingerprint density at radius 2 is 1.81 bits per heavy atom. The van der Waals surface area contributed by atoms with Crippen LogP contribution in [0.4, 0.5) is 15.7 Å². The third kappa shape index (κ3) is 5.14. The summed E-state index contributed by atoms with van der Waals surface area (Å²) < 4.78 is 5.83. The summed E-state index contributed by atoms with van der Waals surface area (Å²) in [6.45, 7) is 1.46. The minimum absolute atomic E-state index is 0. The number of rotatable bonds is 5. The number of aromatic nitrogens is 3. The van der Waals surface area contributed by atoms with E-state index < -0.39 is 0 Å². The van der Waals surface area contributed by atoms with Crippen molar-refractivity contribution in [2.75, 3.05) is 23.3 Å². The lowest BCUT2D eigenvalue weighted by Crippen LogP contribution is -2.39. The third-order valence-electron chi connectivity index (χ3n) is 5.89. The summed E-state index contributed by atoms with van der Waals surface area (Å²) in [7, 11) is 0. The van der Waals surface area contributed by atoms with Gasteiger partial charge in [0.15, 0.2) is 5.13 Å². The Bertz CT molecular complexity index is 1010. The lowest BCUT2D eigenvalue weighted by molar-refractivity contribution is 0.0148. The highest BCUT2D eigenvalue weighted by Gasteiger charge is 2.47. The van der Waals surface area contributed by atoms with Gasteiger partial charge in [-0.05, 0) is 55.9 Å². The molecular weight excluding hydrogens is 469 g/mol. The molecule has 0 radical (unpaired) electrons. The molecule has 2 aliphatic rings. The van der Waals surface area contributed by atoms with Crippen molar-refractivity contribution < 1.29 is 9.53 Å². The highest BCUT2D eigenvalue weighted by Crippen LogP contribution is 2.40. The molecule has 1 N–H and O–H groups in total. The predicted molar refractivity (Wildman–Crippen MR) is 131 cm³/mol. The molecule has 0 aromatic carbocycles. The van der Waals surface area contributed by atoms with Crippen molar-refractivity contribution in [3.8, 4) is 11.4 Å². The zero-order valence-electron chi connectivity index (χ0n) is 17.3. The number of nitrogens with one attached hydrogen (secondary N) is 1. The Balaban J connectivity index is 0.00000144. The molecule has 1 amide bonds. The highest BCUT2D eigenvalue weighted by atomic mass is 35.5. The number of hydrogen-bond acceptors (Lipinski definition) is 7. The first-order chi connectivity index (χ1) is 14.7. The largest absolute Gasteiger partial charge is 0.441 e. The van der Waals surface area contributed by atoms with Gasteiger partial charge in [-0.1, -0.05) is 12.1 Å². The fourth-order valence-electron chi connectivity index (χ4n) is 4.20. The van der Waals surface area contributed by atoms with E-state index in [0.29, 0.717) is 18.3 Å². The van der Waals surface area contributed by atoms with E-state index in [9.17, 15) is 4.79 Å². The van der Waals surface area contributed by atoms with Crippen molar-refractivity contribution in [3.63, 3.8) is 0 Å². The van der Waals surface area contributed by atoms with Crippen LogP contribution in [0.2, 0.25) is 0 Å². The average molecular weight is 494 g/mol. The van der Waals surface area contributed by atoms with Crippen molar-refractivity contribution in [2.45, 2.75) is 31.3 Å².